The number of rotatable bonds is 5. The molecule has 7 nitrogen and oxygen atoms in total. The zero-order chi connectivity index (χ0) is 20.4. The average Bonchev–Trinajstić information content (AvgIpc) is 3.20. The van der Waals surface area contributed by atoms with Crippen molar-refractivity contribution in [2.75, 3.05) is 13.3 Å². The van der Waals surface area contributed by atoms with Crippen LogP contribution in [0.15, 0.2) is 47.4 Å². The lowest BCUT2D eigenvalue weighted by Crippen LogP contribution is -2.41. The molecule has 1 fully saturated rings. The fourth-order valence-corrected chi connectivity index (χ4v) is 5.38. The van der Waals surface area contributed by atoms with Crippen LogP contribution in [0.2, 0.25) is 0 Å². The predicted octanol–water partition coefficient (Wildman–Crippen LogP) is 2.91. The number of sulfonamides is 1. The number of nitrogens with zero attached hydrogens (tertiary/aromatic N) is 1. The Hall–Kier alpha value is -2.58. The molecule has 0 saturated carbocycles. The Labute approximate surface area is 170 Å². The third kappa shape index (κ3) is 4.09. The van der Waals surface area contributed by atoms with Gasteiger partial charge in [0.15, 0.2) is 11.5 Å². The maximum absolute atomic E-state index is 12.9. The SMILES string of the molecule is C[C@H]1CCCCN1S(=O)(=O)c1ccc(C(=O)NCc2ccc3c(c2)OCO3)cc1. The molecule has 2 aromatic rings. The van der Waals surface area contributed by atoms with Crippen LogP contribution in [0.1, 0.15) is 42.1 Å². The molecular formula is C21H24N2O5S. The predicted molar refractivity (Wildman–Crippen MR) is 107 cm³/mol. The van der Waals surface area contributed by atoms with Crippen LogP contribution in [0.4, 0.5) is 0 Å². The summed E-state index contributed by atoms with van der Waals surface area (Å²) < 4.78 is 37.9. The molecule has 1 amide bonds. The molecule has 2 aliphatic heterocycles. The van der Waals surface area contributed by atoms with E-state index >= 15 is 0 Å². The molecule has 0 radical (unpaired) electrons. The second-order valence-electron chi connectivity index (χ2n) is 7.36. The normalized spacial score (nSPS) is 19.1. The number of piperidine rings is 1. The van der Waals surface area contributed by atoms with Crippen LogP contribution in [-0.4, -0.2) is 38.0 Å². The van der Waals surface area contributed by atoms with Gasteiger partial charge in [-0.05, 0) is 61.7 Å². The highest BCUT2D eigenvalue weighted by Gasteiger charge is 2.30. The fourth-order valence-electron chi connectivity index (χ4n) is 3.68. The molecule has 0 unspecified atom stereocenters. The highest BCUT2D eigenvalue weighted by Crippen LogP contribution is 2.32. The Balaban J connectivity index is 1.41. The van der Waals surface area contributed by atoms with Crippen LogP contribution in [0, 0.1) is 0 Å². The van der Waals surface area contributed by atoms with Gasteiger partial charge in [0.05, 0.1) is 4.90 Å². The lowest BCUT2D eigenvalue weighted by Gasteiger charge is -2.32. The summed E-state index contributed by atoms with van der Waals surface area (Å²) in [6.45, 7) is 3.02. The first-order chi connectivity index (χ1) is 13.9. The van der Waals surface area contributed by atoms with Crippen LogP contribution in [0.25, 0.3) is 0 Å². The highest BCUT2D eigenvalue weighted by atomic mass is 32.2. The first kappa shape index (κ1) is 19.7. The standard InChI is InChI=1S/C21H24N2O5S/c1-15-4-2-3-11-23(15)29(25,26)18-8-6-17(7-9-18)21(24)22-13-16-5-10-19-20(12-16)28-14-27-19/h5-10,12,15H,2-4,11,13-14H2,1H3,(H,22,24)/t15-/m0/s1. The maximum atomic E-state index is 12.9. The van der Waals surface area contributed by atoms with Crippen molar-refractivity contribution in [1.29, 1.82) is 0 Å². The Bertz CT molecular complexity index is 1000. The quantitative estimate of drug-likeness (QED) is 0.810. The van der Waals surface area contributed by atoms with Gasteiger partial charge in [0, 0.05) is 24.7 Å². The van der Waals surface area contributed by atoms with E-state index in [2.05, 4.69) is 5.32 Å². The van der Waals surface area contributed by atoms with Crippen molar-refractivity contribution in [1.82, 2.24) is 9.62 Å². The Morgan fingerprint density at radius 2 is 1.86 bits per heavy atom. The van der Waals surface area contributed by atoms with Gasteiger partial charge >= 0.3 is 0 Å². The summed E-state index contributed by atoms with van der Waals surface area (Å²) in [6.07, 6.45) is 2.80. The van der Waals surface area contributed by atoms with Gasteiger partial charge in [0.2, 0.25) is 16.8 Å². The first-order valence-electron chi connectivity index (χ1n) is 9.74. The molecule has 1 saturated heterocycles. The lowest BCUT2D eigenvalue weighted by atomic mass is 10.1. The van der Waals surface area contributed by atoms with E-state index in [1.165, 1.54) is 12.1 Å². The van der Waals surface area contributed by atoms with Crippen LogP contribution in [0.5, 0.6) is 11.5 Å². The second kappa shape index (κ2) is 8.04. The van der Waals surface area contributed by atoms with Crippen molar-refractivity contribution in [3.8, 4) is 11.5 Å². The topological polar surface area (TPSA) is 84.9 Å². The summed E-state index contributed by atoms with van der Waals surface area (Å²) >= 11 is 0. The zero-order valence-corrected chi connectivity index (χ0v) is 17.1. The summed E-state index contributed by atoms with van der Waals surface area (Å²) in [5.74, 6) is 1.09. The Morgan fingerprint density at radius 3 is 2.62 bits per heavy atom. The van der Waals surface area contributed by atoms with E-state index < -0.39 is 10.0 Å². The molecule has 1 atom stereocenters. The molecule has 4 rings (SSSR count). The molecule has 0 aliphatic carbocycles. The molecule has 2 aromatic carbocycles. The highest BCUT2D eigenvalue weighted by molar-refractivity contribution is 7.89. The van der Waals surface area contributed by atoms with E-state index in [1.807, 2.05) is 25.1 Å². The minimum Gasteiger partial charge on any atom is -0.454 e. The van der Waals surface area contributed by atoms with Crippen molar-refractivity contribution < 1.29 is 22.7 Å². The molecule has 2 aliphatic rings. The van der Waals surface area contributed by atoms with Gasteiger partial charge < -0.3 is 14.8 Å². The molecule has 0 bridgehead atoms. The summed E-state index contributed by atoms with van der Waals surface area (Å²) in [7, 11) is -3.54. The molecule has 8 heteroatoms. The molecule has 0 spiro atoms. The van der Waals surface area contributed by atoms with E-state index in [4.69, 9.17) is 9.47 Å². The van der Waals surface area contributed by atoms with Gasteiger partial charge in [-0.2, -0.15) is 4.31 Å². The maximum Gasteiger partial charge on any atom is 0.251 e. The monoisotopic (exact) mass is 416 g/mol. The van der Waals surface area contributed by atoms with Crippen molar-refractivity contribution in [3.63, 3.8) is 0 Å². The number of hydrogen-bond acceptors (Lipinski definition) is 5. The molecule has 2 heterocycles. The number of hydrogen-bond donors (Lipinski definition) is 1. The molecule has 154 valence electrons. The van der Waals surface area contributed by atoms with Crippen LogP contribution < -0.4 is 14.8 Å². The van der Waals surface area contributed by atoms with E-state index in [0.717, 1.165) is 24.8 Å². The number of nitrogens with one attached hydrogen (secondary N) is 1. The molecular weight excluding hydrogens is 392 g/mol. The van der Waals surface area contributed by atoms with Crippen LogP contribution in [-0.2, 0) is 16.6 Å². The van der Waals surface area contributed by atoms with Gasteiger partial charge in [-0.3, -0.25) is 4.79 Å². The molecule has 0 aromatic heterocycles. The van der Waals surface area contributed by atoms with E-state index in [0.29, 0.717) is 30.2 Å². The second-order valence-corrected chi connectivity index (χ2v) is 9.25. The Kier molecular flexibility index (Phi) is 5.47. The number of ether oxygens (including phenoxy) is 2. The number of amides is 1. The minimum atomic E-state index is -3.54. The number of carbonyl (C=O) groups is 1. The largest absolute Gasteiger partial charge is 0.454 e. The average molecular weight is 416 g/mol. The van der Waals surface area contributed by atoms with Gasteiger partial charge in [0.25, 0.3) is 5.91 Å². The summed E-state index contributed by atoms with van der Waals surface area (Å²) in [5.41, 5.74) is 1.30. The number of carbonyl (C=O) groups excluding carboxylic acids is 1. The van der Waals surface area contributed by atoms with Crippen molar-refractivity contribution in [2.24, 2.45) is 0 Å². The van der Waals surface area contributed by atoms with Gasteiger partial charge in [0.1, 0.15) is 0 Å². The smallest absolute Gasteiger partial charge is 0.251 e. The van der Waals surface area contributed by atoms with Crippen LogP contribution in [0.3, 0.4) is 0 Å². The summed E-state index contributed by atoms with van der Waals surface area (Å²) in [4.78, 5) is 12.7. The fraction of sp³-hybridized carbons (Fsp3) is 0.381. The van der Waals surface area contributed by atoms with Gasteiger partial charge in [-0.15, -0.1) is 0 Å². The van der Waals surface area contributed by atoms with Crippen molar-refractivity contribution in [3.05, 3.63) is 53.6 Å². The first-order valence-corrected chi connectivity index (χ1v) is 11.2. The van der Waals surface area contributed by atoms with Crippen molar-refractivity contribution in [2.45, 2.75) is 43.7 Å². The Morgan fingerprint density at radius 1 is 1.10 bits per heavy atom. The number of fused-ring (bicyclic) bond motifs is 1. The lowest BCUT2D eigenvalue weighted by molar-refractivity contribution is 0.0950. The third-order valence-corrected chi connectivity index (χ3v) is 7.38. The van der Waals surface area contributed by atoms with Gasteiger partial charge in [-0.25, -0.2) is 8.42 Å². The van der Waals surface area contributed by atoms with E-state index in [1.54, 1.807) is 16.4 Å². The minimum absolute atomic E-state index is 0.00146. The van der Waals surface area contributed by atoms with Gasteiger partial charge in [-0.1, -0.05) is 12.5 Å². The summed E-state index contributed by atoms with van der Waals surface area (Å²) in [6, 6.07) is 11.6. The molecule has 1 N–H and O–H groups in total. The third-order valence-electron chi connectivity index (χ3n) is 5.36. The van der Waals surface area contributed by atoms with E-state index in [9.17, 15) is 13.2 Å². The zero-order valence-electron chi connectivity index (χ0n) is 16.3. The van der Waals surface area contributed by atoms with Crippen molar-refractivity contribution >= 4 is 15.9 Å². The van der Waals surface area contributed by atoms with E-state index in [-0.39, 0.29) is 23.6 Å². The summed E-state index contributed by atoms with van der Waals surface area (Å²) in [5, 5.41) is 2.84. The van der Waals surface area contributed by atoms with Crippen LogP contribution >= 0.6 is 0 Å². The number of benzene rings is 2. The molecule has 29 heavy (non-hydrogen) atoms.